The Morgan fingerprint density at radius 2 is 2.33 bits per heavy atom. The molecule has 0 aromatic carbocycles. The summed E-state index contributed by atoms with van der Waals surface area (Å²) in [5.41, 5.74) is -0.0191. The Morgan fingerprint density at radius 3 is 2.95 bits per heavy atom. The second-order valence-corrected chi connectivity index (χ2v) is 5.07. The van der Waals surface area contributed by atoms with Crippen molar-refractivity contribution in [2.75, 3.05) is 6.54 Å². The molecule has 0 aliphatic carbocycles. The van der Waals surface area contributed by atoms with Crippen molar-refractivity contribution in [3.63, 3.8) is 0 Å². The highest BCUT2D eigenvalue weighted by Crippen LogP contribution is 2.17. The van der Waals surface area contributed by atoms with Crippen molar-refractivity contribution in [1.29, 1.82) is 0 Å². The third-order valence-electron chi connectivity index (χ3n) is 2.57. The fraction of sp³-hybridized carbons (Fsp3) is 0.364. The Hall–Kier alpha value is -2.49. The number of carbonyl (C=O) groups excluding carboxylic acids is 1. The zero-order valence-electron chi connectivity index (χ0n) is 11.2. The monoisotopic (exact) mass is 310 g/mol. The molecule has 2 rings (SSSR count). The summed E-state index contributed by atoms with van der Waals surface area (Å²) in [6, 6.07) is -0.720. The Balaban J connectivity index is 1.77. The number of nitrogens with one attached hydrogen (secondary N) is 3. The number of aromatic amines is 1. The number of hydrogen-bond donors (Lipinski definition) is 4. The number of aromatic carboxylic acids is 1. The normalized spacial score (nSPS) is 11.9. The van der Waals surface area contributed by atoms with Crippen LogP contribution in [0.3, 0.4) is 0 Å². The van der Waals surface area contributed by atoms with Crippen LogP contribution >= 0.6 is 11.3 Å². The molecule has 1 unspecified atom stereocenters. The van der Waals surface area contributed by atoms with Gasteiger partial charge in [-0.1, -0.05) is 0 Å². The quantitative estimate of drug-likeness (QED) is 0.616. The number of carboxylic acid groups (broad SMARTS) is 1. The van der Waals surface area contributed by atoms with Crippen molar-refractivity contribution in [3.05, 3.63) is 28.2 Å². The minimum Gasteiger partial charge on any atom is -0.476 e. The van der Waals surface area contributed by atoms with E-state index < -0.39 is 5.97 Å². The molecule has 0 radical (unpaired) electrons. The SMILES string of the molecule is CC(NC(=O)NCCc1ncn[nH]1)c1nc(C(=O)O)cs1. The summed E-state index contributed by atoms with van der Waals surface area (Å²) in [6.07, 6.45) is 1.95. The van der Waals surface area contributed by atoms with Gasteiger partial charge in [-0.15, -0.1) is 11.3 Å². The van der Waals surface area contributed by atoms with Crippen molar-refractivity contribution in [2.45, 2.75) is 19.4 Å². The van der Waals surface area contributed by atoms with Crippen LogP contribution in [0.25, 0.3) is 0 Å². The molecule has 0 aliphatic heterocycles. The van der Waals surface area contributed by atoms with Crippen LogP contribution < -0.4 is 10.6 Å². The van der Waals surface area contributed by atoms with E-state index in [2.05, 4.69) is 30.8 Å². The molecule has 1 atom stereocenters. The number of hydrogen-bond acceptors (Lipinski definition) is 6. The lowest BCUT2D eigenvalue weighted by atomic mass is 10.3. The van der Waals surface area contributed by atoms with Gasteiger partial charge in [0, 0.05) is 18.3 Å². The Kier molecular flexibility index (Phi) is 4.82. The molecule has 0 saturated carbocycles. The summed E-state index contributed by atoms with van der Waals surface area (Å²) < 4.78 is 0. The molecule has 21 heavy (non-hydrogen) atoms. The summed E-state index contributed by atoms with van der Waals surface area (Å²) in [4.78, 5) is 30.3. The first-order valence-electron chi connectivity index (χ1n) is 6.13. The maximum atomic E-state index is 11.7. The number of nitrogens with zero attached hydrogens (tertiary/aromatic N) is 3. The fourth-order valence-corrected chi connectivity index (χ4v) is 2.34. The molecule has 10 heteroatoms. The van der Waals surface area contributed by atoms with E-state index in [0.717, 1.165) is 0 Å². The van der Waals surface area contributed by atoms with E-state index in [-0.39, 0.29) is 17.8 Å². The molecule has 4 N–H and O–H groups in total. The first-order valence-corrected chi connectivity index (χ1v) is 7.01. The van der Waals surface area contributed by atoms with E-state index >= 15 is 0 Å². The number of urea groups is 1. The molecule has 0 fully saturated rings. The van der Waals surface area contributed by atoms with Crippen molar-refractivity contribution in [1.82, 2.24) is 30.8 Å². The third-order valence-corrected chi connectivity index (χ3v) is 3.60. The van der Waals surface area contributed by atoms with Gasteiger partial charge in [-0.05, 0) is 6.92 Å². The molecule has 0 bridgehead atoms. The van der Waals surface area contributed by atoms with Crippen molar-refractivity contribution < 1.29 is 14.7 Å². The lowest BCUT2D eigenvalue weighted by Crippen LogP contribution is -2.38. The molecule has 2 aromatic rings. The number of rotatable bonds is 6. The highest BCUT2D eigenvalue weighted by molar-refractivity contribution is 7.09. The third kappa shape index (κ3) is 4.24. The zero-order chi connectivity index (χ0) is 15.2. The lowest BCUT2D eigenvalue weighted by Gasteiger charge is -2.11. The van der Waals surface area contributed by atoms with E-state index in [9.17, 15) is 9.59 Å². The molecule has 2 aromatic heterocycles. The maximum absolute atomic E-state index is 11.7. The Labute approximate surface area is 123 Å². The molecule has 2 heterocycles. The predicted octanol–water partition coefficient (Wildman–Crippen LogP) is 0.562. The maximum Gasteiger partial charge on any atom is 0.355 e. The van der Waals surface area contributed by atoms with Gasteiger partial charge in [0.2, 0.25) is 0 Å². The second-order valence-electron chi connectivity index (χ2n) is 4.18. The van der Waals surface area contributed by atoms with Gasteiger partial charge in [0.1, 0.15) is 17.2 Å². The molecule has 112 valence electrons. The largest absolute Gasteiger partial charge is 0.476 e. The van der Waals surface area contributed by atoms with E-state index in [1.54, 1.807) is 6.92 Å². The average molecular weight is 310 g/mol. The highest BCUT2D eigenvalue weighted by atomic mass is 32.1. The fourth-order valence-electron chi connectivity index (χ4n) is 1.54. The van der Waals surface area contributed by atoms with Gasteiger partial charge in [-0.25, -0.2) is 19.6 Å². The smallest absolute Gasteiger partial charge is 0.355 e. The lowest BCUT2D eigenvalue weighted by molar-refractivity contribution is 0.0691. The number of carboxylic acids is 1. The van der Waals surface area contributed by atoms with Crippen molar-refractivity contribution >= 4 is 23.3 Å². The average Bonchev–Trinajstić information content (AvgIpc) is 3.09. The molecule has 2 amide bonds. The Morgan fingerprint density at radius 1 is 1.52 bits per heavy atom. The van der Waals surface area contributed by atoms with Crippen LogP contribution in [0.2, 0.25) is 0 Å². The van der Waals surface area contributed by atoms with E-state index in [1.807, 2.05) is 0 Å². The van der Waals surface area contributed by atoms with Gasteiger partial charge < -0.3 is 15.7 Å². The van der Waals surface area contributed by atoms with Crippen LogP contribution in [-0.4, -0.2) is 43.8 Å². The van der Waals surface area contributed by atoms with Gasteiger partial charge in [-0.3, -0.25) is 5.10 Å². The number of aromatic nitrogens is 4. The molecule has 0 saturated heterocycles. The molecule has 0 aliphatic rings. The molecular formula is C11H14N6O3S. The molecule has 9 nitrogen and oxygen atoms in total. The van der Waals surface area contributed by atoms with Crippen LogP contribution in [0.4, 0.5) is 4.79 Å². The summed E-state index contributed by atoms with van der Waals surface area (Å²) >= 11 is 1.19. The summed E-state index contributed by atoms with van der Waals surface area (Å²) in [6.45, 7) is 2.15. The first-order chi connectivity index (χ1) is 10.1. The van der Waals surface area contributed by atoms with Gasteiger partial charge in [0.25, 0.3) is 0 Å². The standard InChI is InChI=1S/C11H14N6O3S/c1-6(9-16-7(4-21-9)10(18)19)15-11(20)12-3-2-8-13-5-14-17-8/h4-6H,2-3H2,1H3,(H,18,19)(H2,12,15,20)(H,13,14,17). The van der Waals surface area contributed by atoms with Crippen molar-refractivity contribution in [2.24, 2.45) is 0 Å². The minimum atomic E-state index is -1.08. The highest BCUT2D eigenvalue weighted by Gasteiger charge is 2.15. The van der Waals surface area contributed by atoms with Crippen LogP contribution in [0.1, 0.15) is 34.3 Å². The van der Waals surface area contributed by atoms with E-state index in [1.165, 1.54) is 23.0 Å². The van der Waals surface area contributed by atoms with Crippen LogP contribution in [0, 0.1) is 0 Å². The van der Waals surface area contributed by atoms with Gasteiger partial charge in [0.15, 0.2) is 5.69 Å². The topological polar surface area (TPSA) is 133 Å². The van der Waals surface area contributed by atoms with Crippen molar-refractivity contribution in [3.8, 4) is 0 Å². The number of carbonyl (C=O) groups is 2. The van der Waals surface area contributed by atoms with Gasteiger partial charge >= 0.3 is 12.0 Å². The first kappa shape index (κ1) is 14.9. The predicted molar refractivity (Wildman–Crippen MR) is 74.1 cm³/mol. The summed E-state index contributed by atoms with van der Waals surface area (Å²) in [5.74, 6) is -0.393. The minimum absolute atomic E-state index is 0.0191. The van der Waals surface area contributed by atoms with Crippen LogP contribution in [0.15, 0.2) is 11.7 Å². The molecule has 0 spiro atoms. The number of H-pyrrole nitrogens is 1. The van der Waals surface area contributed by atoms with Gasteiger partial charge in [0.05, 0.1) is 6.04 Å². The Bertz CT molecular complexity index is 611. The zero-order valence-corrected chi connectivity index (χ0v) is 12.0. The van der Waals surface area contributed by atoms with Gasteiger partial charge in [-0.2, -0.15) is 5.10 Å². The van der Waals surface area contributed by atoms with Crippen LogP contribution in [0.5, 0.6) is 0 Å². The second kappa shape index (κ2) is 6.79. The van der Waals surface area contributed by atoms with E-state index in [0.29, 0.717) is 23.8 Å². The number of thiazole rings is 1. The van der Waals surface area contributed by atoms with Crippen LogP contribution in [-0.2, 0) is 6.42 Å². The summed E-state index contributed by atoms with van der Waals surface area (Å²) in [7, 11) is 0. The summed E-state index contributed by atoms with van der Waals surface area (Å²) in [5, 5.41) is 22.5. The molecular weight excluding hydrogens is 296 g/mol. The number of amides is 2. The van der Waals surface area contributed by atoms with E-state index in [4.69, 9.17) is 5.11 Å².